The summed E-state index contributed by atoms with van der Waals surface area (Å²) in [5, 5.41) is 12.5. The van der Waals surface area contributed by atoms with Crippen molar-refractivity contribution >= 4 is 28.5 Å². The van der Waals surface area contributed by atoms with E-state index in [0.29, 0.717) is 0 Å². The van der Waals surface area contributed by atoms with Gasteiger partial charge in [-0.3, -0.25) is 0 Å². The lowest BCUT2D eigenvalue weighted by Crippen LogP contribution is -1.85. The SMILES string of the molecule is O=C(O)/C=C\SCc1ccc2ccccc2c1. The predicted octanol–water partition coefficient (Wildman–Crippen LogP) is 3.67. The van der Waals surface area contributed by atoms with Gasteiger partial charge in [0.2, 0.25) is 0 Å². The predicted molar refractivity (Wildman–Crippen MR) is 72.0 cm³/mol. The number of hydrogen-bond acceptors (Lipinski definition) is 2. The summed E-state index contributed by atoms with van der Waals surface area (Å²) in [4.78, 5) is 10.3. The maximum atomic E-state index is 10.3. The van der Waals surface area contributed by atoms with Crippen molar-refractivity contribution in [2.45, 2.75) is 5.75 Å². The van der Waals surface area contributed by atoms with Crippen LogP contribution in [-0.4, -0.2) is 11.1 Å². The Balaban J connectivity index is 2.07. The van der Waals surface area contributed by atoms with Gasteiger partial charge in [-0.1, -0.05) is 42.5 Å². The lowest BCUT2D eigenvalue weighted by molar-refractivity contribution is -0.131. The van der Waals surface area contributed by atoms with E-state index in [1.54, 1.807) is 5.41 Å². The van der Waals surface area contributed by atoms with Crippen molar-refractivity contribution in [1.82, 2.24) is 0 Å². The van der Waals surface area contributed by atoms with Gasteiger partial charge in [-0.05, 0) is 21.7 Å². The number of fused-ring (bicyclic) bond motifs is 1. The molecule has 0 saturated heterocycles. The van der Waals surface area contributed by atoms with E-state index >= 15 is 0 Å². The molecule has 2 nitrogen and oxygen atoms in total. The van der Waals surface area contributed by atoms with Crippen molar-refractivity contribution in [2.75, 3.05) is 0 Å². The van der Waals surface area contributed by atoms with Gasteiger partial charge in [0.25, 0.3) is 0 Å². The largest absolute Gasteiger partial charge is 0.478 e. The summed E-state index contributed by atoms with van der Waals surface area (Å²) in [6.07, 6.45) is 1.16. The number of benzene rings is 2. The zero-order valence-electron chi connectivity index (χ0n) is 9.17. The zero-order chi connectivity index (χ0) is 12.1. The van der Waals surface area contributed by atoms with Crippen LogP contribution >= 0.6 is 11.8 Å². The standard InChI is InChI=1S/C14H12O2S/c15-14(16)7-8-17-10-11-5-6-12-3-1-2-4-13(12)9-11/h1-9H,10H2,(H,15,16)/b8-7-. The highest BCUT2D eigenvalue weighted by molar-refractivity contribution is 8.01. The van der Waals surface area contributed by atoms with Crippen molar-refractivity contribution < 1.29 is 9.90 Å². The minimum Gasteiger partial charge on any atom is -0.478 e. The lowest BCUT2D eigenvalue weighted by Gasteiger charge is -2.01. The average Bonchev–Trinajstić information content (AvgIpc) is 2.34. The third-order valence-corrected chi connectivity index (χ3v) is 3.20. The molecular weight excluding hydrogens is 232 g/mol. The fraction of sp³-hybridized carbons (Fsp3) is 0.0714. The van der Waals surface area contributed by atoms with Crippen molar-refractivity contribution in [2.24, 2.45) is 0 Å². The van der Waals surface area contributed by atoms with Crippen LogP contribution in [0.5, 0.6) is 0 Å². The van der Waals surface area contributed by atoms with E-state index in [2.05, 4.69) is 30.3 Å². The van der Waals surface area contributed by atoms with Gasteiger partial charge in [0.15, 0.2) is 0 Å². The number of carbonyl (C=O) groups is 1. The van der Waals surface area contributed by atoms with Crippen LogP contribution in [-0.2, 0) is 10.5 Å². The van der Waals surface area contributed by atoms with E-state index in [1.807, 2.05) is 12.1 Å². The van der Waals surface area contributed by atoms with Crippen LogP contribution in [0, 0.1) is 0 Å². The fourth-order valence-electron chi connectivity index (χ4n) is 1.58. The molecule has 1 N–H and O–H groups in total. The molecule has 0 aliphatic heterocycles. The summed E-state index contributed by atoms with van der Waals surface area (Å²) < 4.78 is 0. The summed E-state index contributed by atoms with van der Waals surface area (Å²) >= 11 is 1.48. The highest BCUT2D eigenvalue weighted by Crippen LogP contribution is 2.19. The second kappa shape index (κ2) is 5.55. The molecule has 2 rings (SSSR count). The molecule has 0 amide bonds. The summed E-state index contributed by atoms with van der Waals surface area (Å²) in [5.41, 5.74) is 1.20. The average molecular weight is 244 g/mol. The van der Waals surface area contributed by atoms with Crippen LogP contribution in [0.3, 0.4) is 0 Å². The van der Waals surface area contributed by atoms with E-state index in [-0.39, 0.29) is 0 Å². The number of aliphatic carboxylic acids is 1. The van der Waals surface area contributed by atoms with Crippen molar-refractivity contribution in [1.29, 1.82) is 0 Å². The highest BCUT2D eigenvalue weighted by Gasteiger charge is 1.95. The fourth-order valence-corrected chi connectivity index (χ4v) is 2.26. The summed E-state index contributed by atoms with van der Waals surface area (Å²) in [6.45, 7) is 0. The monoisotopic (exact) mass is 244 g/mol. The Labute approximate surface area is 104 Å². The molecule has 0 bridgehead atoms. The molecule has 0 unspecified atom stereocenters. The Bertz CT molecular complexity index is 561. The molecule has 0 aliphatic rings. The minimum atomic E-state index is -0.906. The minimum absolute atomic E-state index is 0.786. The summed E-state index contributed by atoms with van der Waals surface area (Å²) in [7, 11) is 0. The topological polar surface area (TPSA) is 37.3 Å². The van der Waals surface area contributed by atoms with Crippen molar-refractivity contribution in [3.8, 4) is 0 Å². The molecule has 0 radical (unpaired) electrons. The quantitative estimate of drug-likeness (QED) is 0.834. The van der Waals surface area contributed by atoms with E-state index in [9.17, 15) is 4.79 Å². The molecule has 0 atom stereocenters. The number of carboxylic acids is 1. The number of rotatable bonds is 4. The molecule has 0 saturated carbocycles. The summed E-state index contributed by atoms with van der Waals surface area (Å²) in [5.74, 6) is -0.120. The Hall–Kier alpha value is -1.74. The molecule has 2 aromatic carbocycles. The van der Waals surface area contributed by atoms with Gasteiger partial charge in [-0.25, -0.2) is 4.79 Å². The molecule has 2 aromatic rings. The van der Waals surface area contributed by atoms with E-state index in [1.165, 1.54) is 28.1 Å². The number of carboxylic acid groups (broad SMARTS) is 1. The first-order valence-corrected chi connectivity index (χ1v) is 6.29. The zero-order valence-corrected chi connectivity index (χ0v) is 9.98. The normalized spacial score (nSPS) is 11.1. The molecule has 0 heterocycles. The van der Waals surface area contributed by atoms with Crippen LogP contribution in [0.25, 0.3) is 10.8 Å². The number of hydrogen-bond donors (Lipinski definition) is 1. The van der Waals surface area contributed by atoms with E-state index in [0.717, 1.165) is 11.8 Å². The van der Waals surface area contributed by atoms with Crippen LogP contribution in [0.2, 0.25) is 0 Å². The molecular formula is C14H12O2S. The van der Waals surface area contributed by atoms with E-state index in [4.69, 9.17) is 5.11 Å². The molecule has 0 aliphatic carbocycles. The Morgan fingerprint density at radius 1 is 1.18 bits per heavy atom. The van der Waals surface area contributed by atoms with Crippen LogP contribution < -0.4 is 0 Å². The first-order valence-electron chi connectivity index (χ1n) is 5.24. The van der Waals surface area contributed by atoms with Gasteiger partial charge >= 0.3 is 5.97 Å². The third-order valence-electron chi connectivity index (χ3n) is 2.37. The molecule has 0 spiro atoms. The van der Waals surface area contributed by atoms with Crippen molar-refractivity contribution in [3.63, 3.8) is 0 Å². The van der Waals surface area contributed by atoms with Gasteiger partial charge in [0.05, 0.1) is 0 Å². The van der Waals surface area contributed by atoms with E-state index < -0.39 is 5.97 Å². The van der Waals surface area contributed by atoms with Crippen molar-refractivity contribution in [3.05, 3.63) is 59.5 Å². The van der Waals surface area contributed by atoms with Crippen LogP contribution in [0.4, 0.5) is 0 Å². The molecule has 17 heavy (non-hydrogen) atoms. The van der Waals surface area contributed by atoms with Gasteiger partial charge in [-0.2, -0.15) is 0 Å². The first-order chi connectivity index (χ1) is 8.25. The van der Waals surface area contributed by atoms with Crippen LogP contribution in [0.15, 0.2) is 53.9 Å². The maximum Gasteiger partial charge on any atom is 0.328 e. The second-order valence-electron chi connectivity index (χ2n) is 3.63. The number of thioether (sulfide) groups is 1. The Morgan fingerprint density at radius 2 is 1.94 bits per heavy atom. The maximum absolute atomic E-state index is 10.3. The lowest BCUT2D eigenvalue weighted by atomic mass is 10.1. The Morgan fingerprint density at radius 3 is 2.71 bits per heavy atom. The summed E-state index contributed by atoms with van der Waals surface area (Å²) in [6, 6.07) is 14.5. The molecule has 86 valence electrons. The Kier molecular flexibility index (Phi) is 3.83. The van der Waals surface area contributed by atoms with Gasteiger partial charge in [0, 0.05) is 11.8 Å². The molecule has 3 heteroatoms. The highest BCUT2D eigenvalue weighted by atomic mass is 32.2. The first kappa shape index (κ1) is 11.7. The second-order valence-corrected chi connectivity index (χ2v) is 4.53. The van der Waals surface area contributed by atoms with Crippen LogP contribution in [0.1, 0.15) is 5.56 Å². The third kappa shape index (κ3) is 3.36. The molecule has 0 aromatic heterocycles. The smallest absolute Gasteiger partial charge is 0.328 e. The molecule has 0 fully saturated rings. The van der Waals surface area contributed by atoms with Gasteiger partial charge in [-0.15, -0.1) is 11.8 Å². The van der Waals surface area contributed by atoms with Gasteiger partial charge < -0.3 is 5.11 Å². The van der Waals surface area contributed by atoms with Gasteiger partial charge in [0.1, 0.15) is 0 Å².